The fourth-order valence-corrected chi connectivity index (χ4v) is 3.60. The summed E-state index contributed by atoms with van der Waals surface area (Å²) in [4.78, 5) is 14.4. The number of rotatable bonds is 4. The van der Waals surface area contributed by atoms with Crippen molar-refractivity contribution >= 4 is 27.6 Å². The van der Waals surface area contributed by atoms with Crippen molar-refractivity contribution in [1.29, 1.82) is 0 Å². The van der Waals surface area contributed by atoms with E-state index in [-0.39, 0.29) is 17.0 Å². The van der Waals surface area contributed by atoms with Crippen molar-refractivity contribution in [2.75, 3.05) is 12.3 Å². The Morgan fingerprint density at radius 2 is 2.33 bits per heavy atom. The van der Waals surface area contributed by atoms with E-state index in [2.05, 4.69) is 10.3 Å². The first-order valence-corrected chi connectivity index (χ1v) is 8.12. The lowest BCUT2D eigenvalue weighted by Crippen LogP contribution is -2.38. The Kier molecular flexibility index (Phi) is 3.98. The molecule has 0 amide bonds. The number of non-ortho nitro benzene ring substituents is 1. The van der Waals surface area contributed by atoms with E-state index in [1.165, 1.54) is 18.2 Å². The smallest absolute Gasteiger partial charge is 0.287 e. The maximum atomic E-state index is 12.3. The van der Waals surface area contributed by atoms with Gasteiger partial charge in [0.2, 0.25) is 0 Å². The van der Waals surface area contributed by atoms with Gasteiger partial charge in [-0.05, 0) is 25.5 Å². The van der Waals surface area contributed by atoms with Gasteiger partial charge < -0.3 is 9.73 Å². The Bertz CT molecular complexity index is 694. The van der Waals surface area contributed by atoms with Crippen LogP contribution in [0.4, 0.5) is 5.69 Å². The lowest BCUT2D eigenvalue weighted by Gasteiger charge is -2.22. The third kappa shape index (κ3) is 3.11. The van der Waals surface area contributed by atoms with Crippen molar-refractivity contribution in [2.45, 2.75) is 30.5 Å². The lowest BCUT2D eigenvalue weighted by molar-refractivity contribution is -0.384. The van der Waals surface area contributed by atoms with Crippen LogP contribution < -0.4 is 5.32 Å². The second-order valence-electron chi connectivity index (χ2n) is 5.05. The van der Waals surface area contributed by atoms with Gasteiger partial charge >= 0.3 is 0 Å². The van der Waals surface area contributed by atoms with Crippen LogP contribution in [0.1, 0.15) is 19.3 Å². The molecule has 112 valence electrons. The summed E-state index contributed by atoms with van der Waals surface area (Å²) in [5.74, 6) is 0.453. The number of nitrogens with zero attached hydrogens (tertiary/aromatic N) is 2. The quantitative estimate of drug-likeness (QED) is 0.685. The van der Waals surface area contributed by atoms with Crippen molar-refractivity contribution in [3.63, 3.8) is 0 Å². The Morgan fingerprint density at radius 1 is 1.48 bits per heavy atom. The molecule has 1 N–H and O–H groups in total. The zero-order valence-corrected chi connectivity index (χ0v) is 12.1. The van der Waals surface area contributed by atoms with E-state index < -0.39 is 15.7 Å². The van der Waals surface area contributed by atoms with E-state index in [4.69, 9.17) is 4.42 Å². The van der Waals surface area contributed by atoms with Crippen molar-refractivity contribution in [3.05, 3.63) is 28.3 Å². The van der Waals surface area contributed by atoms with E-state index in [1.54, 1.807) is 0 Å². The predicted octanol–water partition coefficient (Wildman–Crippen LogP) is 1.99. The number of nitro groups is 1. The minimum absolute atomic E-state index is 0.0536. The van der Waals surface area contributed by atoms with Crippen LogP contribution in [0.25, 0.3) is 11.1 Å². The number of fused-ring (bicyclic) bond motifs is 1. The summed E-state index contributed by atoms with van der Waals surface area (Å²) < 4.78 is 17.7. The normalized spacial score (nSPS) is 20.5. The van der Waals surface area contributed by atoms with E-state index in [1.807, 2.05) is 0 Å². The Labute approximate surface area is 123 Å². The highest BCUT2D eigenvalue weighted by molar-refractivity contribution is 7.84. The molecule has 0 spiro atoms. The van der Waals surface area contributed by atoms with Gasteiger partial charge in [-0.2, -0.15) is 0 Å². The van der Waals surface area contributed by atoms with E-state index in [0.29, 0.717) is 16.9 Å². The molecule has 0 unspecified atom stereocenters. The third-order valence-corrected chi connectivity index (χ3v) is 4.79. The van der Waals surface area contributed by atoms with Gasteiger partial charge in [0, 0.05) is 23.9 Å². The van der Waals surface area contributed by atoms with Gasteiger partial charge in [0.15, 0.2) is 5.58 Å². The van der Waals surface area contributed by atoms with Crippen molar-refractivity contribution in [3.8, 4) is 0 Å². The molecular formula is C13H15N3O4S. The van der Waals surface area contributed by atoms with Crippen molar-refractivity contribution < 1.29 is 13.5 Å². The van der Waals surface area contributed by atoms with Crippen molar-refractivity contribution in [1.82, 2.24) is 10.3 Å². The van der Waals surface area contributed by atoms with Crippen LogP contribution in [0.5, 0.6) is 0 Å². The molecule has 1 aliphatic rings. The molecule has 1 aromatic heterocycles. The van der Waals surface area contributed by atoms with Gasteiger partial charge in [0.25, 0.3) is 10.9 Å². The molecule has 1 fully saturated rings. The maximum Gasteiger partial charge on any atom is 0.287 e. The van der Waals surface area contributed by atoms with Crippen LogP contribution >= 0.6 is 0 Å². The average Bonchev–Trinajstić information content (AvgIpc) is 2.91. The standard InChI is InChI=1S/C13H15N3O4S/c17-16(18)10-4-5-12-11(7-10)15-13(20-12)21(19)8-9-3-1-2-6-14-9/h4-5,7,9,14H,1-3,6,8H2/t9-,21-/m0/s1. The first-order chi connectivity index (χ1) is 10.1. The number of hydrogen-bond acceptors (Lipinski definition) is 6. The van der Waals surface area contributed by atoms with Gasteiger partial charge in [-0.3, -0.25) is 10.1 Å². The fraction of sp³-hybridized carbons (Fsp3) is 0.462. The lowest BCUT2D eigenvalue weighted by atomic mass is 10.1. The summed E-state index contributed by atoms with van der Waals surface area (Å²) in [5.41, 5.74) is 0.729. The van der Waals surface area contributed by atoms with Crippen LogP contribution in [-0.2, 0) is 10.8 Å². The fourth-order valence-electron chi connectivity index (χ4n) is 2.43. The second-order valence-corrected chi connectivity index (χ2v) is 6.42. The molecule has 1 aliphatic heterocycles. The number of nitro benzene ring substituents is 1. The molecule has 8 heteroatoms. The van der Waals surface area contributed by atoms with E-state index >= 15 is 0 Å². The van der Waals surface area contributed by atoms with Gasteiger partial charge in [-0.15, -0.1) is 0 Å². The number of piperidine rings is 1. The molecule has 1 aromatic carbocycles. The Hall–Kier alpha value is -1.80. The molecule has 0 radical (unpaired) electrons. The molecular weight excluding hydrogens is 294 g/mol. The monoisotopic (exact) mass is 309 g/mol. The molecule has 0 bridgehead atoms. The molecule has 0 saturated carbocycles. The second kappa shape index (κ2) is 5.90. The number of nitrogens with one attached hydrogen (secondary N) is 1. The topological polar surface area (TPSA) is 98.3 Å². The number of hydrogen-bond donors (Lipinski definition) is 1. The summed E-state index contributed by atoms with van der Waals surface area (Å²) in [7, 11) is -1.34. The maximum absolute atomic E-state index is 12.3. The third-order valence-electron chi connectivity index (χ3n) is 3.52. The van der Waals surface area contributed by atoms with Crippen LogP contribution in [0.2, 0.25) is 0 Å². The van der Waals surface area contributed by atoms with Gasteiger partial charge in [0.1, 0.15) is 16.3 Å². The first kappa shape index (κ1) is 14.2. The van der Waals surface area contributed by atoms with E-state index in [0.717, 1.165) is 25.8 Å². The summed E-state index contributed by atoms with van der Waals surface area (Å²) in [5, 5.41) is 14.2. The summed E-state index contributed by atoms with van der Waals surface area (Å²) >= 11 is 0. The highest BCUT2D eigenvalue weighted by Gasteiger charge is 2.20. The number of aromatic nitrogens is 1. The summed E-state index contributed by atoms with van der Waals surface area (Å²) in [6.07, 6.45) is 3.28. The van der Waals surface area contributed by atoms with Crippen LogP contribution in [0.3, 0.4) is 0 Å². The average molecular weight is 309 g/mol. The molecule has 3 rings (SSSR count). The molecule has 1 saturated heterocycles. The predicted molar refractivity (Wildman–Crippen MR) is 77.6 cm³/mol. The molecule has 0 aliphatic carbocycles. The Morgan fingerprint density at radius 3 is 3.05 bits per heavy atom. The largest absolute Gasteiger partial charge is 0.430 e. The molecule has 2 atom stereocenters. The van der Waals surface area contributed by atoms with Gasteiger partial charge in [0.05, 0.1) is 4.92 Å². The van der Waals surface area contributed by atoms with Crippen LogP contribution in [0.15, 0.2) is 27.8 Å². The SMILES string of the molecule is O=[N+]([O-])c1ccc2oc([S@@](=O)C[C@@H]3CCCCN3)nc2c1. The number of benzene rings is 1. The molecule has 21 heavy (non-hydrogen) atoms. The molecule has 2 heterocycles. The van der Waals surface area contributed by atoms with Gasteiger partial charge in [-0.1, -0.05) is 6.42 Å². The highest BCUT2D eigenvalue weighted by atomic mass is 32.2. The zero-order valence-electron chi connectivity index (χ0n) is 11.3. The van der Waals surface area contributed by atoms with Gasteiger partial charge in [-0.25, -0.2) is 9.19 Å². The highest BCUT2D eigenvalue weighted by Crippen LogP contribution is 2.23. The summed E-state index contributed by atoms with van der Waals surface area (Å²) in [6.45, 7) is 0.946. The van der Waals surface area contributed by atoms with Crippen LogP contribution in [-0.4, -0.2) is 32.5 Å². The zero-order chi connectivity index (χ0) is 14.8. The first-order valence-electron chi connectivity index (χ1n) is 6.80. The molecule has 2 aromatic rings. The Balaban J connectivity index is 1.79. The van der Waals surface area contributed by atoms with E-state index in [9.17, 15) is 14.3 Å². The summed E-state index contributed by atoms with van der Waals surface area (Å²) in [6, 6.07) is 4.38. The molecule has 7 nitrogen and oxygen atoms in total. The van der Waals surface area contributed by atoms with Crippen molar-refractivity contribution in [2.24, 2.45) is 0 Å². The minimum atomic E-state index is -1.34. The minimum Gasteiger partial charge on any atom is -0.430 e. The number of oxazole rings is 1. The van der Waals surface area contributed by atoms with Crippen LogP contribution in [0, 0.1) is 10.1 Å².